The number of H-pyrrole nitrogens is 2. The molecule has 0 saturated carbocycles. The second-order valence-electron chi connectivity index (χ2n) is 17.5. The highest BCUT2D eigenvalue weighted by Gasteiger charge is 2.49. The van der Waals surface area contributed by atoms with Crippen molar-refractivity contribution >= 4 is 52.2 Å². The lowest BCUT2D eigenvalue weighted by atomic mass is 9.96. The standard InChI is InChI=1S/C52H52N8O8/c1-51(26-12-28-58(51)44(61)42(57-48(63)66-3)34-14-8-6-9-15-34)46-53-38-24-22-36(30-40(38)55-46)32-18-20-33(21-19-32)37-23-25-39-41(31-37)56-47(54-39)52(2)27-13-29-59(52)45(62)43(35-16-10-7-11-17-35)60(49(64)67-4)50(65)68-5/h6-11,14-25,30-31,42-43H,12-13,26-29H2,1-5H3,(H,53,55)(H,54,56)(H,57,63)/t42-,43-,51-,52-/m1/s1. The Morgan fingerprint density at radius 1 is 0.588 bits per heavy atom. The lowest BCUT2D eigenvalue weighted by molar-refractivity contribution is -0.140. The second-order valence-corrected chi connectivity index (χ2v) is 17.5. The third-order valence-corrected chi connectivity index (χ3v) is 13.5. The predicted octanol–water partition coefficient (Wildman–Crippen LogP) is 9.12. The number of carbonyl (C=O) groups excluding carboxylic acids is 5. The van der Waals surface area contributed by atoms with E-state index in [2.05, 4.69) is 45.6 Å². The number of methoxy groups -OCH3 is 3. The van der Waals surface area contributed by atoms with E-state index in [9.17, 15) is 24.0 Å². The van der Waals surface area contributed by atoms with Crippen LogP contribution in [0.1, 0.15) is 74.4 Å². The molecule has 0 bridgehead atoms. The summed E-state index contributed by atoms with van der Waals surface area (Å²) in [5, 5.41) is 2.74. The summed E-state index contributed by atoms with van der Waals surface area (Å²) in [6.45, 7) is 4.85. The third-order valence-electron chi connectivity index (χ3n) is 13.5. The molecule has 2 aliphatic heterocycles. The highest BCUT2D eigenvalue weighted by molar-refractivity contribution is 5.96. The van der Waals surface area contributed by atoms with Gasteiger partial charge in [0.25, 0.3) is 11.8 Å². The van der Waals surface area contributed by atoms with Crippen molar-refractivity contribution in [3.8, 4) is 22.3 Å². The first-order chi connectivity index (χ1) is 32.9. The number of imidazole rings is 2. The zero-order valence-corrected chi connectivity index (χ0v) is 38.4. The van der Waals surface area contributed by atoms with Crippen LogP contribution in [-0.2, 0) is 34.9 Å². The Balaban J connectivity index is 0.947. The minimum absolute atomic E-state index is 0.239. The van der Waals surface area contributed by atoms with E-state index in [4.69, 9.17) is 24.2 Å². The van der Waals surface area contributed by atoms with Crippen molar-refractivity contribution in [1.29, 1.82) is 0 Å². The van der Waals surface area contributed by atoms with Gasteiger partial charge in [-0.05, 0) is 97.2 Å². The molecule has 16 heteroatoms. The highest BCUT2D eigenvalue weighted by atomic mass is 16.6. The van der Waals surface area contributed by atoms with Crippen molar-refractivity contribution in [3.05, 3.63) is 144 Å². The van der Waals surface area contributed by atoms with Crippen LogP contribution >= 0.6 is 0 Å². The Labute approximate surface area is 392 Å². The van der Waals surface area contributed by atoms with Gasteiger partial charge in [0.05, 0.1) is 54.5 Å². The van der Waals surface area contributed by atoms with E-state index in [0.29, 0.717) is 60.0 Å². The van der Waals surface area contributed by atoms with Gasteiger partial charge in [-0.3, -0.25) is 9.59 Å². The molecule has 348 valence electrons. The smallest absolute Gasteiger partial charge is 0.420 e. The number of benzene rings is 5. The summed E-state index contributed by atoms with van der Waals surface area (Å²) in [5.74, 6) is 0.559. The van der Waals surface area contributed by atoms with Gasteiger partial charge in [-0.15, -0.1) is 0 Å². The molecule has 0 radical (unpaired) electrons. The molecule has 0 spiro atoms. The van der Waals surface area contributed by atoms with Crippen LogP contribution in [0.2, 0.25) is 0 Å². The number of carbonyl (C=O) groups is 5. The first-order valence-corrected chi connectivity index (χ1v) is 22.5. The zero-order chi connectivity index (χ0) is 47.7. The van der Waals surface area contributed by atoms with Gasteiger partial charge in [0.1, 0.15) is 17.7 Å². The second kappa shape index (κ2) is 18.3. The Morgan fingerprint density at radius 2 is 1.03 bits per heavy atom. The highest BCUT2D eigenvalue weighted by Crippen LogP contribution is 2.42. The predicted molar refractivity (Wildman–Crippen MR) is 254 cm³/mol. The molecule has 2 saturated heterocycles. The van der Waals surface area contributed by atoms with Gasteiger partial charge >= 0.3 is 18.3 Å². The number of fused-ring (bicyclic) bond motifs is 2. The quantitative estimate of drug-likeness (QED) is 0.112. The fourth-order valence-corrected chi connectivity index (χ4v) is 9.80. The monoisotopic (exact) mass is 916 g/mol. The Morgan fingerprint density at radius 3 is 1.49 bits per heavy atom. The summed E-state index contributed by atoms with van der Waals surface area (Å²) < 4.78 is 14.8. The molecule has 5 aromatic carbocycles. The molecule has 9 rings (SSSR count). The molecule has 0 unspecified atom stereocenters. The maximum Gasteiger partial charge on any atom is 0.420 e. The number of aromatic amines is 2. The third kappa shape index (κ3) is 8.15. The number of hydrogen-bond acceptors (Lipinski definition) is 10. The summed E-state index contributed by atoms with van der Waals surface area (Å²) in [6.07, 6.45) is 0.0295. The molecule has 2 fully saturated rings. The lowest BCUT2D eigenvalue weighted by Crippen LogP contribution is -2.52. The maximum atomic E-state index is 14.7. The van der Waals surface area contributed by atoms with E-state index in [1.807, 2.05) is 79.4 Å². The minimum atomic E-state index is -1.34. The van der Waals surface area contributed by atoms with E-state index >= 15 is 0 Å². The zero-order valence-electron chi connectivity index (χ0n) is 38.4. The number of ether oxygens (including phenoxy) is 3. The molecule has 4 atom stereocenters. The van der Waals surface area contributed by atoms with E-state index < -0.39 is 47.3 Å². The number of aromatic nitrogens is 4. The summed E-state index contributed by atoms with van der Waals surface area (Å²) in [7, 11) is 3.57. The normalized spacial score (nSPS) is 18.8. The van der Waals surface area contributed by atoms with Crippen LogP contribution in [0.15, 0.2) is 121 Å². The minimum Gasteiger partial charge on any atom is -0.453 e. The van der Waals surface area contributed by atoms with Crippen LogP contribution in [0.25, 0.3) is 44.3 Å². The van der Waals surface area contributed by atoms with E-state index in [-0.39, 0.29) is 5.91 Å². The Bertz CT molecular complexity index is 3010. The van der Waals surface area contributed by atoms with Gasteiger partial charge < -0.3 is 39.3 Å². The molecule has 5 amide bonds. The van der Waals surface area contributed by atoms with E-state index in [1.54, 1.807) is 35.2 Å². The van der Waals surface area contributed by atoms with E-state index in [0.717, 1.165) is 65.0 Å². The average molecular weight is 917 g/mol. The van der Waals surface area contributed by atoms with Gasteiger partial charge in [0.2, 0.25) is 0 Å². The van der Waals surface area contributed by atoms with Crippen molar-refractivity contribution in [2.45, 2.75) is 62.7 Å². The SMILES string of the molecule is COC(=O)N[C@@H](C(=O)N1CCC[C@]1(C)c1nc2ccc(-c3ccc(-c4ccc5nc([C@@]6(C)CCCN6C(=O)[C@@H](c6ccccc6)N(C(=O)OC)C(=O)OC)[nH]c5c4)cc3)cc2[nH]1)c1ccccc1. The molecular weight excluding hydrogens is 865 g/mol. The summed E-state index contributed by atoms with van der Waals surface area (Å²) in [5.41, 5.74) is 6.55. The van der Waals surface area contributed by atoms with Crippen molar-refractivity contribution in [3.63, 3.8) is 0 Å². The first kappa shape index (κ1) is 45.2. The molecule has 7 aromatic rings. The van der Waals surface area contributed by atoms with Crippen molar-refractivity contribution < 1.29 is 38.2 Å². The van der Waals surface area contributed by atoms with Gasteiger partial charge in [-0.1, -0.05) is 97.1 Å². The van der Waals surface area contributed by atoms with Gasteiger partial charge in [-0.25, -0.2) is 24.4 Å². The van der Waals surface area contributed by atoms with Crippen molar-refractivity contribution in [1.82, 2.24) is 40.0 Å². The largest absolute Gasteiger partial charge is 0.453 e. The molecule has 3 N–H and O–H groups in total. The van der Waals surface area contributed by atoms with Crippen LogP contribution in [0, 0.1) is 0 Å². The van der Waals surface area contributed by atoms with Gasteiger partial charge in [0, 0.05) is 13.1 Å². The van der Waals surface area contributed by atoms with E-state index in [1.165, 1.54) is 7.11 Å². The van der Waals surface area contributed by atoms with Crippen LogP contribution in [0.5, 0.6) is 0 Å². The van der Waals surface area contributed by atoms with Crippen LogP contribution in [0.3, 0.4) is 0 Å². The summed E-state index contributed by atoms with van der Waals surface area (Å²) in [6, 6.07) is 35.9. The molecule has 68 heavy (non-hydrogen) atoms. The Hall–Kier alpha value is -8.01. The first-order valence-electron chi connectivity index (χ1n) is 22.5. The topological polar surface area (TPSA) is 192 Å². The number of amides is 5. The van der Waals surface area contributed by atoms with Crippen molar-refractivity contribution in [2.75, 3.05) is 34.4 Å². The summed E-state index contributed by atoms with van der Waals surface area (Å²) in [4.78, 5) is 88.5. The summed E-state index contributed by atoms with van der Waals surface area (Å²) >= 11 is 0. The lowest BCUT2D eigenvalue weighted by Gasteiger charge is -2.38. The molecule has 2 aromatic heterocycles. The fraction of sp³-hybridized carbons (Fsp3) is 0.288. The van der Waals surface area contributed by atoms with Crippen LogP contribution in [0.4, 0.5) is 14.4 Å². The molecule has 2 aliphatic rings. The number of rotatable bonds is 10. The van der Waals surface area contributed by atoms with Gasteiger partial charge in [0.15, 0.2) is 6.04 Å². The number of likely N-dealkylation sites (tertiary alicyclic amines) is 2. The number of nitrogens with one attached hydrogen (secondary N) is 3. The molecule has 16 nitrogen and oxygen atoms in total. The molecule has 0 aliphatic carbocycles. The average Bonchev–Trinajstić information content (AvgIpc) is 4.19. The van der Waals surface area contributed by atoms with Crippen molar-refractivity contribution in [2.24, 2.45) is 0 Å². The maximum absolute atomic E-state index is 14.7. The molecular formula is C52H52N8O8. The van der Waals surface area contributed by atoms with Crippen LogP contribution < -0.4 is 5.32 Å². The Kier molecular flexibility index (Phi) is 12.2. The van der Waals surface area contributed by atoms with Gasteiger partial charge in [-0.2, -0.15) is 4.90 Å². The number of imide groups is 1. The van der Waals surface area contributed by atoms with Crippen LogP contribution in [-0.4, -0.2) is 99.1 Å². The fourth-order valence-electron chi connectivity index (χ4n) is 9.80. The number of nitrogens with zero attached hydrogens (tertiary/aromatic N) is 5. The number of hydrogen-bond donors (Lipinski definition) is 3. The number of alkyl carbamates (subject to hydrolysis) is 1. The molecule has 4 heterocycles.